The number of ether oxygens (including phenoxy) is 1. The predicted octanol–water partition coefficient (Wildman–Crippen LogP) is 2.56. The fourth-order valence-corrected chi connectivity index (χ4v) is 1.76. The number of anilines is 1. The van der Waals surface area contributed by atoms with Crippen molar-refractivity contribution in [1.82, 2.24) is 0 Å². The minimum absolute atomic E-state index is 0.134. The smallest absolute Gasteiger partial charge is 0.316 e. The molecule has 4 N–H and O–H groups in total. The maximum absolute atomic E-state index is 10.7. The van der Waals surface area contributed by atoms with Gasteiger partial charge in [0.2, 0.25) is 0 Å². The quantitative estimate of drug-likeness (QED) is 0.791. The minimum atomic E-state index is -0.611. The Bertz CT molecular complexity index is 594. The number of phenols is 1. The third-order valence-electron chi connectivity index (χ3n) is 2.67. The number of urea groups is 1. The van der Waals surface area contributed by atoms with E-state index >= 15 is 0 Å². The van der Waals surface area contributed by atoms with Crippen molar-refractivity contribution < 1.29 is 14.6 Å². The normalized spacial score (nSPS) is 9.95. The van der Waals surface area contributed by atoms with Gasteiger partial charge in [-0.05, 0) is 29.8 Å². The number of primary amides is 1. The van der Waals surface area contributed by atoms with Crippen molar-refractivity contribution in [3.63, 3.8) is 0 Å². The maximum atomic E-state index is 10.7. The number of benzene rings is 2. The molecule has 2 aromatic rings. The third kappa shape index (κ3) is 2.95. The average Bonchev–Trinajstić information content (AvgIpc) is 2.39. The highest BCUT2D eigenvalue weighted by Crippen LogP contribution is 2.32. The van der Waals surface area contributed by atoms with Crippen molar-refractivity contribution in [2.24, 2.45) is 5.73 Å². The molecule has 0 aliphatic carbocycles. The second-order valence-corrected chi connectivity index (χ2v) is 3.95. The topological polar surface area (TPSA) is 84.6 Å². The summed E-state index contributed by atoms with van der Waals surface area (Å²) >= 11 is 0. The molecule has 2 aromatic carbocycles. The van der Waals surface area contributed by atoms with Gasteiger partial charge in [-0.25, -0.2) is 4.79 Å². The Labute approximate surface area is 110 Å². The SMILES string of the molecule is COc1ccc(-c2ccc(NC(N)=O)cc2)c(O)c1. The molecule has 0 spiro atoms. The molecule has 0 heterocycles. The predicted molar refractivity (Wildman–Crippen MR) is 73.3 cm³/mol. The van der Waals surface area contributed by atoms with Gasteiger partial charge in [-0.2, -0.15) is 0 Å². The fraction of sp³-hybridized carbons (Fsp3) is 0.0714. The van der Waals surface area contributed by atoms with Gasteiger partial charge in [0.25, 0.3) is 0 Å². The van der Waals surface area contributed by atoms with Gasteiger partial charge in [-0.15, -0.1) is 0 Å². The lowest BCUT2D eigenvalue weighted by molar-refractivity contribution is 0.259. The summed E-state index contributed by atoms with van der Waals surface area (Å²) in [4.78, 5) is 10.7. The number of carbonyl (C=O) groups excluding carboxylic acids is 1. The molecule has 5 nitrogen and oxygen atoms in total. The lowest BCUT2D eigenvalue weighted by atomic mass is 10.0. The molecule has 2 amide bonds. The van der Waals surface area contributed by atoms with E-state index in [0.717, 1.165) is 5.56 Å². The van der Waals surface area contributed by atoms with Crippen LogP contribution in [-0.2, 0) is 0 Å². The Morgan fingerprint density at radius 2 is 1.89 bits per heavy atom. The first-order chi connectivity index (χ1) is 9.10. The van der Waals surface area contributed by atoms with Crippen molar-refractivity contribution in [2.45, 2.75) is 0 Å². The number of amides is 2. The van der Waals surface area contributed by atoms with E-state index in [1.165, 1.54) is 0 Å². The number of aromatic hydroxyl groups is 1. The van der Waals surface area contributed by atoms with Crippen LogP contribution in [0.15, 0.2) is 42.5 Å². The molecule has 2 rings (SSSR count). The van der Waals surface area contributed by atoms with E-state index in [1.807, 2.05) is 0 Å². The van der Waals surface area contributed by atoms with Crippen molar-refractivity contribution >= 4 is 11.7 Å². The van der Waals surface area contributed by atoms with Gasteiger partial charge in [-0.3, -0.25) is 0 Å². The highest BCUT2D eigenvalue weighted by atomic mass is 16.5. The first-order valence-corrected chi connectivity index (χ1v) is 5.64. The lowest BCUT2D eigenvalue weighted by Crippen LogP contribution is -2.19. The Balaban J connectivity index is 2.29. The van der Waals surface area contributed by atoms with Crippen LogP contribution < -0.4 is 15.8 Å². The molecule has 19 heavy (non-hydrogen) atoms. The molecule has 0 bridgehead atoms. The van der Waals surface area contributed by atoms with Crippen LogP contribution in [0.4, 0.5) is 10.5 Å². The molecule has 0 saturated carbocycles. The van der Waals surface area contributed by atoms with E-state index in [1.54, 1.807) is 49.6 Å². The second kappa shape index (κ2) is 5.30. The number of hydrogen-bond acceptors (Lipinski definition) is 3. The molecule has 0 radical (unpaired) electrons. The largest absolute Gasteiger partial charge is 0.507 e. The van der Waals surface area contributed by atoms with Crippen LogP contribution in [0.25, 0.3) is 11.1 Å². The highest BCUT2D eigenvalue weighted by Gasteiger charge is 2.06. The number of rotatable bonds is 3. The molecule has 0 saturated heterocycles. The molecular formula is C14H14N2O3. The van der Waals surface area contributed by atoms with Gasteiger partial charge in [0, 0.05) is 17.3 Å². The Morgan fingerprint density at radius 1 is 1.21 bits per heavy atom. The van der Waals surface area contributed by atoms with Gasteiger partial charge in [0.05, 0.1) is 7.11 Å². The zero-order valence-electron chi connectivity index (χ0n) is 10.4. The van der Waals surface area contributed by atoms with Crippen LogP contribution in [0, 0.1) is 0 Å². The monoisotopic (exact) mass is 258 g/mol. The zero-order valence-corrected chi connectivity index (χ0v) is 10.4. The van der Waals surface area contributed by atoms with Crippen molar-refractivity contribution in [3.05, 3.63) is 42.5 Å². The van der Waals surface area contributed by atoms with Crippen LogP contribution in [0.2, 0.25) is 0 Å². The average molecular weight is 258 g/mol. The molecule has 0 aliphatic rings. The van der Waals surface area contributed by atoms with E-state index in [0.29, 0.717) is 17.0 Å². The Kier molecular flexibility index (Phi) is 3.56. The zero-order chi connectivity index (χ0) is 13.8. The fourth-order valence-electron chi connectivity index (χ4n) is 1.76. The number of methoxy groups -OCH3 is 1. The number of carbonyl (C=O) groups is 1. The molecule has 0 atom stereocenters. The minimum Gasteiger partial charge on any atom is -0.507 e. The Hall–Kier alpha value is -2.69. The second-order valence-electron chi connectivity index (χ2n) is 3.95. The van der Waals surface area contributed by atoms with Gasteiger partial charge in [0.1, 0.15) is 11.5 Å². The Morgan fingerprint density at radius 3 is 2.42 bits per heavy atom. The van der Waals surface area contributed by atoms with Crippen LogP contribution in [-0.4, -0.2) is 18.2 Å². The van der Waals surface area contributed by atoms with Gasteiger partial charge >= 0.3 is 6.03 Å². The van der Waals surface area contributed by atoms with E-state index in [4.69, 9.17) is 10.5 Å². The lowest BCUT2D eigenvalue weighted by Gasteiger charge is -2.08. The molecule has 0 fully saturated rings. The molecule has 0 unspecified atom stereocenters. The molecule has 5 heteroatoms. The third-order valence-corrected chi connectivity index (χ3v) is 2.67. The summed E-state index contributed by atoms with van der Waals surface area (Å²) in [5, 5.41) is 12.4. The first-order valence-electron chi connectivity index (χ1n) is 5.64. The number of hydrogen-bond donors (Lipinski definition) is 3. The summed E-state index contributed by atoms with van der Waals surface area (Å²) in [5.41, 5.74) is 7.14. The summed E-state index contributed by atoms with van der Waals surface area (Å²) in [5.74, 6) is 0.725. The van der Waals surface area contributed by atoms with Crippen LogP contribution in [0.5, 0.6) is 11.5 Å². The van der Waals surface area contributed by atoms with E-state index in [2.05, 4.69) is 5.32 Å². The number of nitrogens with one attached hydrogen (secondary N) is 1. The van der Waals surface area contributed by atoms with Crippen molar-refractivity contribution in [1.29, 1.82) is 0 Å². The van der Waals surface area contributed by atoms with Crippen LogP contribution in [0.1, 0.15) is 0 Å². The highest BCUT2D eigenvalue weighted by molar-refractivity contribution is 5.88. The molecule has 98 valence electrons. The van der Waals surface area contributed by atoms with Crippen molar-refractivity contribution in [3.8, 4) is 22.6 Å². The summed E-state index contributed by atoms with van der Waals surface area (Å²) in [6, 6.07) is 11.5. The van der Waals surface area contributed by atoms with E-state index < -0.39 is 6.03 Å². The summed E-state index contributed by atoms with van der Waals surface area (Å²) in [7, 11) is 1.54. The maximum Gasteiger partial charge on any atom is 0.316 e. The molecule has 0 aromatic heterocycles. The summed E-state index contributed by atoms with van der Waals surface area (Å²) < 4.78 is 5.03. The molecular weight excluding hydrogens is 244 g/mol. The first kappa shape index (κ1) is 12.8. The van der Waals surface area contributed by atoms with Crippen molar-refractivity contribution in [2.75, 3.05) is 12.4 Å². The van der Waals surface area contributed by atoms with Crippen LogP contribution >= 0.6 is 0 Å². The van der Waals surface area contributed by atoms with E-state index in [9.17, 15) is 9.90 Å². The van der Waals surface area contributed by atoms with Gasteiger partial charge < -0.3 is 20.9 Å². The van der Waals surface area contributed by atoms with Gasteiger partial charge in [-0.1, -0.05) is 12.1 Å². The summed E-state index contributed by atoms with van der Waals surface area (Å²) in [6.07, 6.45) is 0. The summed E-state index contributed by atoms with van der Waals surface area (Å²) in [6.45, 7) is 0. The number of phenolic OH excluding ortho intramolecular Hbond substituents is 1. The number of nitrogens with two attached hydrogens (primary N) is 1. The van der Waals surface area contributed by atoms with Gasteiger partial charge in [0.15, 0.2) is 0 Å². The standard InChI is InChI=1S/C14H14N2O3/c1-19-11-6-7-12(13(17)8-11)9-2-4-10(5-3-9)16-14(15)18/h2-8,17H,1H3,(H3,15,16,18). The van der Waals surface area contributed by atoms with E-state index in [-0.39, 0.29) is 5.75 Å². The van der Waals surface area contributed by atoms with Crippen LogP contribution in [0.3, 0.4) is 0 Å². The molecule has 0 aliphatic heterocycles.